The standard InChI is InChI=1S/C14H17N3O/c1-11(2)10-13-8-9-17(16-13)14(18)15-12-6-4-3-5-7-12/h3-9,11H,10H2,1-2H3,(H,15,18). The van der Waals surface area contributed by atoms with Crippen molar-refractivity contribution in [1.82, 2.24) is 9.78 Å². The molecule has 0 aliphatic carbocycles. The molecule has 2 aromatic rings. The first-order chi connectivity index (χ1) is 8.65. The van der Waals surface area contributed by atoms with Crippen LogP contribution in [0, 0.1) is 5.92 Å². The number of para-hydroxylation sites is 1. The maximum absolute atomic E-state index is 11.9. The smallest absolute Gasteiger partial charge is 0.306 e. The van der Waals surface area contributed by atoms with E-state index in [9.17, 15) is 4.79 Å². The van der Waals surface area contributed by atoms with Crippen molar-refractivity contribution < 1.29 is 4.79 Å². The Bertz CT molecular complexity index is 517. The maximum Gasteiger partial charge on any atom is 0.346 e. The fourth-order valence-electron chi connectivity index (χ4n) is 1.70. The molecule has 0 bridgehead atoms. The molecule has 2 rings (SSSR count). The second-order valence-electron chi connectivity index (χ2n) is 4.65. The Balaban J connectivity index is 2.03. The number of benzene rings is 1. The Morgan fingerprint density at radius 2 is 2.00 bits per heavy atom. The van der Waals surface area contributed by atoms with Crippen LogP contribution in [-0.4, -0.2) is 15.8 Å². The monoisotopic (exact) mass is 243 g/mol. The number of carbonyl (C=O) groups excluding carboxylic acids is 1. The van der Waals surface area contributed by atoms with Gasteiger partial charge >= 0.3 is 6.03 Å². The molecule has 0 atom stereocenters. The summed E-state index contributed by atoms with van der Waals surface area (Å²) < 4.78 is 1.34. The first kappa shape index (κ1) is 12.4. The van der Waals surface area contributed by atoms with Gasteiger partial charge in [0.15, 0.2) is 0 Å². The maximum atomic E-state index is 11.9. The van der Waals surface area contributed by atoms with Gasteiger partial charge in [0.2, 0.25) is 0 Å². The molecule has 1 aromatic carbocycles. The Morgan fingerprint density at radius 1 is 1.28 bits per heavy atom. The lowest BCUT2D eigenvalue weighted by atomic mass is 10.1. The first-order valence-corrected chi connectivity index (χ1v) is 6.06. The van der Waals surface area contributed by atoms with Crippen LogP contribution < -0.4 is 5.32 Å². The van der Waals surface area contributed by atoms with E-state index in [1.807, 2.05) is 36.4 Å². The Morgan fingerprint density at radius 3 is 2.67 bits per heavy atom. The summed E-state index contributed by atoms with van der Waals surface area (Å²) in [6, 6.07) is 11.0. The van der Waals surface area contributed by atoms with Crippen molar-refractivity contribution in [2.75, 3.05) is 5.32 Å². The van der Waals surface area contributed by atoms with Crippen LogP contribution in [0.25, 0.3) is 0 Å². The van der Waals surface area contributed by atoms with Crippen molar-refractivity contribution in [3.63, 3.8) is 0 Å². The highest BCUT2D eigenvalue weighted by molar-refractivity contribution is 5.90. The molecule has 4 nitrogen and oxygen atoms in total. The van der Waals surface area contributed by atoms with Crippen LogP contribution >= 0.6 is 0 Å². The van der Waals surface area contributed by atoms with Crippen LogP contribution in [0.5, 0.6) is 0 Å². The Hall–Kier alpha value is -2.10. The summed E-state index contributed by atoms with van der Waals surface area (Å²) in [7, 11) is 0. The van der Waals surface area contributed by atoms with Gasteiger partial charge in [-0.15, -0.1) is 0 Å². The zero-order valence-electron chi connectivity index (χ0n) is 10.6. The highest BCUT2D eigenvalue weighted by Crippen LogP contribution is 2.07. The molecule has 0 saturated carbocycles. The predicted octanol–water partition coefficient (Wildman–Crippen LogP) is 3.16. The van der Waals surface area contributed by atoms with Crippen LogP contribution in [0.15, 0.2) is 42.6 Å². The number of nitrogens with zero attached hydrogens (tertiary/aromatic N) is 2. The Kier molecular flexibility index (Phi) is 3.77. The quantitative estimate of drug-likeness (QED) is 0.900. The highest BCUT2D eigenvalue weighted by Gasteiger charge is 2.08. The molecular formula is C14H17N3O. The molecule has 1 heterocycles. The average Bonchev–Trinajstić information content (AvgIpc) is 2.78. The van der Waals surface area contributed by atoms with E-state index in [0.29, 0.717) is 5.92 Å². The zero-order chi connectivity index (χ0) is 13.0. The van der Waals surface area contributed by atoms with Gasteiger partial charge in [0.05, 0.1) is 5.69 Å². The van der Waals surface area contributed by atoms with Gasteiger partial charge in [-0.3, -0.25) is 0 Å². The molecule has 0 radical (unpaired) electrons. The van der Waals surface area contributed by atoms with E-state index >= 15 is 0 Å². The fourth-order valence-corrected chi connectivity index (χ4v) is 1.70. The van der Waals surface area contributed by atoms with E-state index in [0.717, 1.165) is 17.8 Å². The van der Waals surface area contributed by atoms with Crippen LogP contribution in [0.1, 0.15) is 19.5 Å². The van der Waals surface area contributed by atoms with Crippen LogP contribution in [0.2, 0.25) is 0 Å². The fraction of sp³-hybridized carbons (Fsp3) is 0.286. The molecule has 1 aromatic heterocycles. The van der Waals surface area contributed by atoms with Crippen molar-refractivity contribution in [3.8, 4) is 0 Å². The number of carbonyl (C=O) groups is 1. The van der Waals surface area contributed by atoms with Crippen molar-refractivity contribution >= 4 is 11.7 Å². The molecule has 0 fully saturated rings. The van der Waals surface area contributed by atoms with Crippen molar-refractivity contribution in [2.45, 2.75) is 20.3 Å². The molecule has 0 saturated heterocycles. The number of amides is 1. The minimum Gasteiger partial charge on any atom is -0.306 e. The number of rotatable bonds is 3. The molecule has 0 aliphatic heterocycles. The minimum atomic E-state index is -0.240. The number of anilines is 1. The van der Waals surface area contributed by atoms with Crippen molar-refractivity contribution in [2.24, 2.45) is 5.92 Å². The third kappa shape index (κ3) is 3.20. The molecule has 4 heteroatoms. The van der Waals surface area contributed by atoms with Gasteiger partial charge in [0, 0.05) is 11.9 Å². The number of hydrogen-bond acceptors (Lipinski definition) is 2. The number of aromatic nitrogens is 2. The predicted molar refractivity (Wildman–Crippen MR) is 71.6 cm³/mol. The van der Waals surface area contributed by atoms with Gasteiger partial charge in [0.1, 0.15) is 0 Å². The summed E-state index contributed by atoms with van der Waals surface area (Å²) in [5.74, 6) is 0.533. The topological polar surface area (TPSA) is 46.9 Å². The van der Waals surface area contributed by atoms with E-state index < -0.39 is 0 Å². The molecule has 1 amide bonds. The lowest BCUT2D eigenvalue weighted by molar-refractivity contribution is 0.250. The third-order valence-electron chi connectivity index (χ3n) is 2.49. The summed E-state index contributed by atoms with van der Waals surface area (Å²) in [5.41, 5.74) is 1.71. The average molecular weight is 243 g/mol. The normalized spacial score (nSPS) is 10.6. The second-order valence-corrected chi connectivity index (χ2v) is 4.65. The lowest BCUT2D eigenvalue weighted by Crippen LogP contribution is -2.20. The van der Waals surface area contributed by atoms with Gasteiger partial charge in [-0.2, -0.15) is 9.78 Å². The van der Waals surface area contributed by atoms with E-state index in [2.05, 4.69) is 24.3 Å². The van der Waals surface area contributed by atoms with Gasteiger partial charge < -0.3 is 5.32 Å². The molecule has 18 heavy (non-hydrogen) atoms. The Labute approximate surface area is 107 Å². The van der Waals surface area contributed by atoms with Gasteiger partial charge in [0.25, 0.3) is 0 Å². The van der Waals surface area contributed by atoms with Gasteiger partial charge in [-0.05, 0) is 30.5 Å². The third-order valence-corrected chi connectivity index (χ3v) is 2.49. The number of nitrogens with one attached hydrogen (secondary N) is 1. The lowest BCUT2D eigenvalue weighted by Gasteiger charge is -2.04. The molecule has 94 valence electrons. The van der Waals surface area contributed by atoms with Gasteiger partial charge in [-0.1, -0.05) is 32.0 Å². The van der Waals surface area contributed by atoms with Crippen LogP contribution in [0.3, 0.4) is 0 Å². The molecular weight excluding hydrogens is 226 g/mol. The largest absolute Gasteiger partial charge is 0.346 e. The molecule has 0 unspecified atom stereocenters. The highest BCUT2D eigenvalue weighted by atomic mass is 16.2. The van der Waals surface area contributed by atoms with Crippen molar-refractivity contribution in [1.29, 1.82) is 0 Å². The van der Waals surface area contributed by atoms with Crippen LogP contribution in [0.4, 0.5) is 10.5 Å². The summed E-state index contributed by atoms with van der Waals surface area (Å²) in [5, 5.41) is 7.04. The van der Waals surface area contributed by atoms with E-state index in [1.165, 1.54) is 4.68 Å². The molecule has 1 N–H and O–H groups in total. The summed E-state index contributed by atoms with van der Waals surface area (Å²) >= 11 is 0. The summed E-state index contributed by atoms with van der Waals surface area (Å²) in [4.78, 5) is 11.9. The zero-order valence-corrected chi connectivity index (χ0v) is 10.6. The van der Waals surface area contributed by atoms with E-state index in [4.69, 9.17) is 0 Å². The molecule has 0 spiro atoms. The molecule has 0 aliphatic rings. The van der Waals surface area contributed by atoms with E-state index in [1.54, 1.807) is 6.20 Å². The van der Waals surface area contributed by atoms with Gasteiger partial charge in [-0.25, -0.2) is 4.79 Å². The summed E-state index contributed by atoms with van der Waals surface area (Å²) in [6.07, 6.45) is 2.57. The summed E-state index contributed by atoms with van der Waals surface area (Å²) in [6.45, 7) is 4.26. The number of hydrogen-bond donors (Lipinski definition) is 1. The SMILES string of the molecule is CC(C)Cc1ccn(C(=O)Nc2ccccc2)n1. The minimum absolute atomic E-state index is 0.240. The first-order valence-electron chi connectivity index (χ1n) is 6.06. The van der Waals surface area contributed by atoms with Crippen LogP contribution in [-0.2, 0) is 6.42 Å². The second kappa shape index (κ2) is 5.49. The van der Waals surface area contributed by atoms with E-state index in [-0.39, 0.29) is 6.03 Å². The van der Waals surface area contributed by atoms with Crippen molar-refractivity contribution in [3.05, 3.63) is 48.3 Å².